The van der Waals surface area contributed by atoms with Crippen molar-refractivity contribution in [3.8, 4) is 0 Å². The smallest absolute Gasteiger partial charge is 0.244 e. The fraction of sp³-hybridized carbons (Fsp3) is 0.667. The van der Waals surface area contributed by atoms with Crippen molar-refractivity contribution in [3.05, 3.63) is 30.1 Å². The van der Waals surface area contributed by atoms with E-state index in [4.69, 9.17) is 4.74 Å². The van der Waals surface area contributed by atoms with Crippen LogP contribution in [0.25, 0.3) is 0 Å². The predicted octanol–water partition coefficient (Wildman–Crippen LogP) is -0.279. The van der Waals surface area contributed by atoms with Crippen LogP contribution in [0.15, 0.2) is 29.4 Å². The van der Waals surface area contributed by atoms with E-state index in [9.17, 15) is 9.90 Å². The van der Waals surface area contributed by atoms with E-state index in [1.165, 1.54) is 0 Å². The summed E-state index contributed by atoms with van der Waals surface area (Å²) in [6.07, 6.45) is 2.46. The molecule has 9 nitrogen and oxygen atoms in total. The molecule has 1 aromatic rings. The van der Waals surface area contributed by atoms with Gasteiger partial charge in [-0.1, -0.05) is 6.07 Å². The first-order valence-corrected chi connectivity index (χ1v) is 10.6. The lowest BCUT2D eigenvalue weighted by Crippen LogP contribution is -2.53. The molecule has 30 heavy (non-hydrogen) atoms. The van der Waals surface area contributed by atoms with E-state index in [-0.39, 0.29) is 12.5 Å². The first-order valence-electron chi connectivity index (χ1n) is 10.6. The van der Waals surface area contributed by atoms with Crippen molar-refractivity contribution in [1.29, 1.82) is 0 Å². The predicted molar refractivity (Wildman–Crippen MR) is 117 cm³/mol. The number of aliphatic imine (C=N–C) groups is 1. The number of carbonyl (C=O) groups is 1. The van der Waals surface area contributed by atoms with Gasteiger partial charge >= 0.3 is 0 Å². The molecular formula is C21H36N6O3. The highest BCUT2D eigenvalue weighted by Gasteiger charge is 2.25. The number of pyridine rings is 1. The number of rotatable bonds is 10. The molecule has 3 N–H and O–H groups in total. The number of β-amino-alcohol motifs (C(OH)–C–C–N with tert-alkyl or cyclic N) is 1. The van der Waals surface area contributed by atoms with Crippen LogP contribution in [0.4, 0.5) is 0 Å². The van der Waals surface area contributed by atoms with Crippen molar-refractivity contribution in [1.82, 2.24) is 25.4 Å². The Labute approximate surface area is 179 Å². The number of aliphatic hydroxyl groups is 1. The number of amides is 1. The molecule has 1 amide bonds. The van der Waals surface area contributed by atoms with Crippen LogP contribution in [-0.4, -0.2) is 103 Å². The van der Waals surface area contributed by atoms with Gasteiger partial charge < -0.3 is 25.4 Å². The molecule has 1 unspecified atom stereocenters. The maximum absolute atomic E-state index is 12.4. The van der Waals surface area contributed by atoms with Gasteiger partial charge in [0.1, 0.15) is 6.54 Å². The summed E-state index contributed by atoms with van der Waals surface area (Å²) in [6.45, 7) is 8.99. The van der Waals surface area contributed by atoms with Crippen molar-refractivity contribution < 1.29 is 14.6 Å². The second kappa shape index (κ2) is 12.5. The summed E-state index contributed by atoms with van der Waals surface area (Å²) in [7, 11) is 1.77. The molecule has 1 aromatic heterocycles. The minimum absolute atomic E-state index is 0.0413. The summed E-state index contributed by atoms with van der Waals surface area (Å²) < 4.78 is 5.35. The van der Waals surface area contributed by atoms with E-state index in [0.717, 1.165) is 18.8 Å². The summed E-state index contributed by atoms with van der Waals surface area (Å²) in [5, 5.41) is 17.0. The van der Waals surface area contributed by atoms with Gasteiger partial charge in [-0.2, -0.15) is 0 Å². The first kappa shape index (κ1) is 24.0. The molecule has 0 saturated carbocycles. The number of nitrogens with zero attached hydrogens (tertiary/aromatic N) is 4. The SMILES string of the molecule is CCNC(=NCC(=O)N(C)CCc1ccccn1)NCC(C)(O)CN1CCOCC1. The van der Waals surface area contributed by atoms with Crippen molar-refractivity contribution in [3.63, 3.8) is 0 Å². The van der Waals surface area contributed by atoms with E-state index in [0.29, 0.717) is 51.8 Å². The lowest BCUT2D eigenvalue weighted by Gasteiger charge is -2.34. The lowest BCUT2D eigenvalue weighted by molar-refractivity contribution is -0.128. The van der Waals surface area contributed by atoms with Gasteiger partial charge in [-0.25, -0.2) is 4.99 Å². The van der Waals surface area contributed by atoms with E-state index < -0.39 is 5.60 Å². The van der Waals surface area contributed by atoms with E-state index in [1.807, 2.05) is 25.1 Å². The number of carbonyl (C=O) groups excluding carboxylic acids is 1. The number of hydrogen-bond donors (Lipinski definition) is 3. The van der Waals surface area contributed by atoms with Gasteiger partial charge in [0.15, 0.2) is 5.96 Å². The molecule has 168 valence electrons. The Morgan fingerprint density at radius 1 is 1.37 bits per heavy atom. The fourth-order valence-electron chi connectivity index (χ4n) is 3.13. The Bertz CT molecular complexity index is 662. The normalized spacial score (nSPS) is 17.3. The van der Waals surface area contributed by atoms with Crippen molar-refractivity contribution in [2.24, 2.45) is 4.99 Å². The van der Waals surface area contributed by atoms with Crippen LogP contribution in [0, 0.1) is 0 Å². The molecule has 1 saturated heterocycles. The molecule has 0 aliphatic carbocycles. The molecule has 1 aliphatic rings. The Balaban J connectivity index is 1.79. The minimum atomic E-state index is -0.920. The molecule has 1 aliphatic heterocycles. The summed E-state index contributed by atoms with van der Waals surface area (Å²) in [4.78, 5) is 24.9. The van der Waals surface area contributed by atoms with Crippen LogP contribution in [0.2, 0.25) is 0 Å². The summed E-state index contributed by atoms with van der Waals surface area (Å²) >= 11 is 0. The number of nitrogens with one attached hydrogen (secondary N) is 2. The number of aromatic nitrogens is 1. The summed E-state index contributed by atoms with van der Waals surface area (Å²) in [6, 6.07) is 5.77. The molecule has 0 aromatic carbocycles. The van der Waals surface area contributed by atoms with E-state index >= 15 is 0 Å². The first-order chi connectivity index (χ1) is 14.4. The zero-order valence-electron chi connectivity index (χ0n) is 18.4. The lowest BCUT2D eigenvalue weighted by atomic mass is 10.1. The van der Waals surface area contributed by atoms with Crippen molar-refractivity contribution in [2.75, 3.05) is 66.1 Å². The largest absolute Gasteiger partial charge is 0.387 e. The van der Waals surface area contributed by atoms with Gasteiger partial charge in [0.2, 0.25) is 5.91 Å². The monoisotopic (exact) mass is 420 g/mol. The zero-order chi connectivity index (χ0) is 21.8. The average molecular weight is 421 g/mol. The third-order valence-electron chi connectivity index (χ3n) is 4.88. The molecule has 0 radical (unpaired) electrons. The highest BCUT2D eigenvalue weighted by atomic mass is 16.5. The van der Waals surface area contributed by atoms with Gasteiger partial charge in [0.25, 0.3) is 0 Å². The highest BCUT2D eigenvalue weighted by Crippen LogP contribution is 2.07. The van der Waals surface area contributed by atoms with Crippen LogP contribution >= 0.6 is 0 Å². The molecule has 2 rings (SSSR count). The molecule has 9 heteroatoms. The standard InChI is InChI=1S/C21H36N6O3/c1-4-22-20(25-16-21(2,29)17-27-11-13-30-14-12-27)24-15-19(28)26(3)10-8-18-7-5-6-9-23-18/h5-7,9,29H,4,8,10-17H2,1-3H3,(H2,22,24,25). The van der Waals surface area contributed by atoms with Gasteiger partial charge in [-0.15, -0.1) is 0 Å². The highest BCUT2D eigenvalue weighted by molar-refractivity contribution is 5.84. The summed E-state index contributed by atoms with van der Waals surface area (Å²) in [5.74, 6) is 0.453. The van der Waals surface area contributed by atoms with E-state index in [2.05, 4.69) is 25.5 Å². The second-order valence-electron chi connectivity index (χ2n) is 7.82. The Kier molecular flexibility index (Phi) is 9.99. The summed E-state index contributed by atoms with van der Waals surface area (Å²) in [5.41, 5.74) is 0.0370. The molecule has 1 fully saturated rings. The number of guanidine groups is 1. The van der Waals surface area contributed by atoms with E-state index in [1.54, 1.807) is 25.1 Å². The van der Waals surface area contributed by atoms with Gasteiger partial charge in [-0.05, 0) is 26.0 Å². The quantitative estimate of drug-likeness (QED) is 0.353. The second-order valence-corrected chi connectivity index (χ2v) is 7.82. The van der Waals surface area contributed by atoms with Gasteiger partial charge in [0.05, 0.1) is 18.8 Å². The van der Waals surface area contributed by atoms with Gasteiger partial charge in [-0.3, -0.25) is 14.7 Å². The number of ether oxygens (including phenoxy) is 1. The third-order valence-corrected chi connectivity index (χ3v) is 4.88. The van der Waals surface area contributed by atoms with Crippen LogP contribution in [-0.2, 0) is 16.0 Å². The van der Waals surface area contributed by atoms with Crippen LogP contribution in [0.1, 0.15) is 19.5 Å². The number of likely N-dealkylation sites (N-methyl/N-ethyl adjacent to an activating group) is 1. The topological polar surface area (TPSA) is 102 Å². The number of hydrogen-bond acceptors (Lipinski definition) is 6. The zero-order valence-corrected chi connectivity index (χ0v) is 18.4. The third kappa shape index (κ3) is 9.06. The molecule has 0 bridgehead atoms. The van der Waals surface area contributed by atoms with Crippen LogP contribution < -0.4 is 10.6 Å². The van der Waals surface area contributed by atoms with Gasteiger partial charge in [0, 0.05) is 64.6 Å². The molecule has 0 spiro atoms. The van der Waals surface area contributed by atoms with Crippen LogP contribution in [0.5, 0.6) is 0 Å². The maximum atomic E-state index is 12.4. The maximum Gasteiger partial charge on any atom is 0.244 e. The molecular weight excluding hydrogens is 384 g/mol. The Hall–Kier alpha value is -2.23. The Morgan fingerprint density at radius 2 is 2.13 bits per heavy atom. The van der Waals surface area contributed by atoms with Crippen LogP contribution in [0.3, 0.4) is 0 Å². The molecule has 2 heterocycles. The van der Waals surface area contributed by atoms with Crippen molar-refractivity contribution in [2.45, 2.75) is 25.9 Å². The number of morpholine rings is 1. The average Bonchev–Trinajstić information content (AvgIpc) is 2.75. The minimum Gasteiger partial charge on any atom is -0.387 e. The molecule has 1 atom stereocenters. The van der Waals surface area contributed by atoms with Crippen molar-refractivity contribution >= 4 is 11.9 Å². The Morgan fingerprint density at radius 3 is 2.80 bits per heavy atom. The fourth-order valence-corrected chi connectivity index (χ4v) is 3.13.